The summed E-state index contributed by atoms with van der Waals surface area (Å²) in [6.07, 6.45) is 5.67. The van der Waals surface area contributed by atoms with Gasteiger partial charge in [-0.1, -0.05) is 103 Å². The molecule has 2 N–H and O–H groups in total. The van der Waals surface area contributed by atoms with Crippen LogP contribution in [0.5, 0.6) is 0 Å². The molecule has 162 valence electrons. The molecule has 0 saturated carbocycles. The summed E-state index contributed by atoms with van der Waals surface area (Å²) in [7, 11) is 0. The van der Waals surface area contributed by atoms with E-state index in [-0.39, 0.29) is 30.3 Å². The van der Waals surface area contributed by atoms with Crippen LogP contribution in [0.15, 0.2) is 103 Å². The van der Waals surface area contributed by atoms with Crippen molar-refractivity contribution in [2.24, 2.45) is 0 Å². The Kier molecular flexibility index (Phi) is 7.13. The third-order valence-electron chi connectivity index (χ3n) is 5.87. The molecule has 0 aliphatic carbocycles. The fourth-order valence-corrected chi connectivity index (χ4v) is 4.15. The van der Waals surface area contributed by atoms with Gasteiger partial charge in [0.1, 0.15) is 0 Å². The molecular weight excluding hydrogens is 396 g/mol. The van der Waals surface area contributed by atoms with Crippen molar-refractivity contribution < 1.29 is 9.59 Å². The predicted octanol–water partition coefficient (Wildman–Crippen LogP) is 5.23. The van der Waals surface area contributed by atoms with E-state index in [0.29, 0.717) is 12.8 Å². The lowest BCUT2D eigenvalue weighted by Gasteiger charge is -2.25. The Hall–Kier alpha value is -3.66. The third kappa shape index (κ3) is 5.52. The lowest BCUT2D eigenvalue weighted by Crippen LogP contribution is -2.37. The van der Waals surface area contributed by atoms with E-state index < -0.39 is 5.92 Å². The standard InChI is InChI=1S/C28H28N2O2/c31-27-20-24(21-12-4-1-5-13-21)28(32)30-26(23-16-8-3-9-17-23)19-11-10-18-25(29-27)22-14-6-2-7-15-22/h1-17,24-26H,18-20H2,(H,29,31)(H,30,32)/b11-10-/t24-,25-,26+/m1/s1. The Morgan fingerprint density at radius 2 is 1.00 bits per heavy atom. The molecule has 1 heterocycles. The Bertz CT molecular complexity index is 1050. The Labute approximate surface area is 189 Å². The average molecular weight is 425 g/mol. The zero-order chi connectivity index (χ0) is 22.2. The van der Waals surface area contributed by atoms with Gasteiger partial charge in [-0.2, -0.15) is 0 Å². The summed E-state index contributed by atoms with van der Waals surface area (Å²) in [5.74, 6) is -0.819. The van der Waals surface area contributed by atoms with Gasteiger partial charge in [0.05, 0.1) is 18.0 Å². The van der Waals surface area contributed by atoms with E-state index in [2.05, 4.69) is 22.8 Å². The van der Waals surface area contributed by atoms with Crippen molar-refractivity contribution in [1.82, 2.24) is 10.6 Å². The van der Waals surface area contributed by atoms with Gasteiger partial charge in [-0.05, 0) is 29.5 Å². The average Bonchev–Trinajstić information content (AvgIpc) is 2.84. The Morgan fingerprint density at radius 1 is 0.562 bits per heavy atom. The van der Waals surface area contributed by atoms with Crippen molar-refractivity contribution in [3.63, 3.8) is 0 Å². The molecule has 3 aromatic rings. The summed E-state index contributed by atoms with van der Waals surface area (Å²) in [6, 6.07) is 29.2. The Morgan fingerprint density at radius 3 is 1.50 bits per heavy atom. The minimum absolute atomic E-state index is 0.102. The lowest BCUT2D eigenvalue weighted by atomic mass is 9.92. The summed E-state index contributed by atoms with van der Waals surface area (Å²) in [6.45, 7) is 0. The van der Waals surface area contributed by atoms with Crippen molar-refractivity contribution in [2.45, 2.75) is 37.3 Å². The molecule has 0 saturated heterocycles. The molecular formula is C28H28N2O2. The minimum Gasteiger partial charge on any atom is -0.349 e. The van der Waals surface area contributed by atoms with Gasteiger partial charge < -0.3 is 10.6 Å². The molecule has 1 aliphatic heterocycles. The first-order valence-corrected chi connectivity index (χ1v) is 11.1. The van der Waals surface area contributed by atoms with E-state index in [0.717, 1.165) is 16.7 Å². The van der Waals surface area contributed by atoms with Crippen molar-refractivity contribution in [2.75, 3.05) is 0 Å². The number of hydrogen-bond acceptors (Lipinski definition) is 2. The van der Waals surface area contributed by atoms with E-state index in [1.165, 1.54) is 0 Å². The van der Waals surface area contributed by atoms with Crippen molar-refractivity contribution >= 4 is 11.8 Å². The van der Waals surface area contributed by atoms with E-state index in [9.17, 15) is 9.59 Å². The third-order valence-corrected chi connectivity index (χ3v) is 5.87. The van der Waals surface area contributed by atoms with Crippen LogP contribution in [0, 0.1) is 0 Å². The molecule has 0 spiro atoms. The van der Waals surface area contributed by atoms with Crippen molar-refractivity contribution in [1.29, 1.82) is 0 Å². The smallest absolute Gasteiger partial charge is 0.228 e. The van der Waals surface area contributed by atoms with Crippen LogP contribution in [0.3, 0.4) is 0 Å². The highest BCUT2D eigenvalue weighted by molar-refractivity contribution is 5.90. The zero-order valence-corrected chi connectivity index (χ0v) is 18.0. The van der Waals surface area contributed by atoms with Crippen LogP contribution >= 0.6 is 0 Å². The van der Waals surface area contributed by atoms with Gasteiger partial charge in [-0.25, -0.2) is 0 Å². The highest BCUT2D eigenvalue weighted by Crippen LogP contribution is 2.26. The van der Waals surface area contributed by atoms with Crippen molar-refractivity contribution in [3.8, 4) is 0 Å². The second kappa shape index (κ2) is 10.6. The van der Waals surface area contributed by atoms with Gasteiger partial charge >= 0.3 is 0 Å². The molecule has 2 amide bonds. The van der Waals surface area contributed by atoms with Crippen LogP contribution in [-0.4, -0.2) is 11.8 Å². The largest absolute Gasteiger partial charge is 0.349 e. The van der Waals surface area contributed by atoms with Gasteiger partial charge in [0.15, 0.2) is 0 Å². The number of carbonyl (C=O) groups excluding carboxylic acids is 2. The molecule has 0 bridgehead atoms. The summed E-state index contributed by atoms with van der Waals surface area (Å²) in [4.78, 5) is 26.4. The molecule has 0 radical (unpaired) electrons. The van der Waals surface area contributed by atoms with E-state index in [1.54, 1.807) is 0 Å². The number of hydrogen-bond donors (Lipinski definition) is 2. The molecule has 0 fully saturated rings. The van der Waals surface area contributed by atoms with Crippen LogP contribution in [-0.2, 0) is 9.59 Å². The molecule has 3 atom stereocenters. The number of rotatable bonds is 3. The number of carbonyl (C=O) groups is 2. The fraction of sp³-hybridized carbons (Fsp3) is 0.214. The van der Waals surface area contributed by atoms with Crippen LogP contribution in [0.4, 0.5) is 0 Å². The van der Waals surface area contributed by atoms with Crippen molar-refractivity contribution in [3.05, 3.63) is 120 Å². The maximum atomic E-state index is 13.4. The highest BCUT2D eigenvalue weighted by atomic mass is 16.2. The van der Waals surface area contributed by atoms with Crippen LogP contribution < -0.4 is 10.6 Å². The van der Waals surface area contributed by atoms with Crippen LogP contribution in [0.2, 0.25) is 0 Å². The monoisotopic (exact) mass is 424 g/mol. The first-order chi connectivity index (χ1) is 15.7. The maximum Gasteiger partial charge on any atom is 0.228 e. The number of nitrogens with one attached hydrogen (secondary N) is 2. The first kappa shape index (κ1) is 21.6. The van der Waals surface area contributed by atoms with Gasteiger partial charge in [-0.15, -0.1) is 0 Å². The molecule has 4 nitrogen and oxygen atoms in total. The second-order valence-electron chi connectivity index (χ2n) is 8.11. The maximum absolute atomic E-state index is 13.4. The van der Waals surface area contributed by atoms with E-state index >= 15 is 0 Å². The van der Waals surface area contributed by atoms with Gasteiger partial charge in [0.25, 0.3) is 0 Å². The minimum atomic E-state index is -0.553. The fourth-order valence-electron chi connectivity index (χ4n) is 4.15. The van der Waals surface area contributed by atoms with Crippen LogP contribution in [0.1, 0.15) is 54.0 Å². The molecule has 4 heteroatoms. The number of amides is 2. The molecule has 32 heavy (non-hydrogen) atoms. The first-order valence-electron chi connectivity index (χ1n) is 11.1. The summed E-state index contributed by atoms with van der Waals surface area (Å²) >= 11 is 0. The lowest BCUT2D eigenvalue weighted by molar-refractivity contribution is -0.128. The summed E-state index contributed by atoms with van der Waals surface area (Å²) in [5, 5.41) is 6.34. The topological polar surface area (TPSA) is 58.2 Å². The second-order valence-corrected chi connectivity index (χ2v) is 8.11. The van der Waals surface area contributed by atoms with E-state index in [4.69, 9.17) is 0 Å². The molecule has 0 unspecified atom stereocenters. The molecule has 4 rings (SSSR count). The highest BCUT2D eigenvalue weighted by Gasteiger charge is 2.27. The van der Waals surface area contributed by atoms with E-state index in [1.807, 2.05) is 91.0 Å². The molecule has 3 aromatic carbocycles. The van der Waals surface area contributed by atoms with Crippen LogP contribution in [0.25, 0.3) is 0 Å². The summed E-state index contributed by atoms with van der Waals surface area (Å²) < 4.78 is 0. The van der Waals surface area contributed by atoms with Gasteiger partial charge in [0.2, 0.25) is 11.8 Å². The predicted molar refractivity (Wildman–Crippen MR) is 127 cm³/mol. The summed E-state index contributed by atoms with van der Waals surface area (Å²) in [5.41, 5.74) is 2.96. The zero-order valence-electron chi connectivity index (χ0n) is 18.0. The number of benzene rings is 3. The quantitative estimate of drug-likeness (QED) is 0.566. The van der Waals surface area contributed by atoms with Gasteiger partial charge in [-0.3, -0.25) is 9.59 Å². The molecule has 1 aliphatic rings. The molecule has 0 aromatic heterocycles. The Balaban J connectivity index is 1.67. The SMILES string of the molecule is O=C1C[C@H](c2ccccc2)C(=O)N[C@H](c2ccccc2)C/C=C\C[C@H](c2ccccc2)N1. The normalized spacial score (nSPS) is 23.2. The van der Waals surface area contributed by atoms with Gasteiger partial charge in [0, 0.05) is 6.42 Å².